The number of rotatable bonds is 8. The molecule has 2 heteroatoms. The van der Waals surface area contributed by atoms with E-state index in [2.05, 4.69) is 50.5 Å². The first-order chi connectivity index (χ1) is 8.13. The molecule has 1 nitrogen and oxygen atoms in total. The van der Waals surface area contributed by atoms with Gasteiger partial charge in [-0.15, -0.1) is 11.3 Å². The van der Waals surface area contributed by atoms with Gasteiger partial charge in [-0.05, 0) is 37.1 Å². The van der Waals surface area contributed by atoms with Gasteiger partial charge in [0.2, 0.25) is 0 Å². The normalized spacial score (nSPS) is 15.1. The summed E-state index contributed by atoms with van der Waals surface area (Å²) in [6.45, 7) is 9.19. The molecule has 1 rings (SSSR count). The summed E-state index contributed by atoms with van der Waals surface area (Å²) in [7, 11) is 0. The number of hydrogen-bond acceptors (Lipinski definition) is 2. The van der Waals surface area contributed by atoms with Crippen LogP contribution in [0.1, 0.15) is 64.3 Å². The maximum absolute atomic E-state index is 3.75. The maximum Gasteiger partial charge on any atom is 0.0414 e. The molecule has 2 atom stereocenters. The van der Waals surface area contributed by atoms with E-state index in [0.29, 0.717) is 12.1 Å². The summed E-state index contributed by atoms with van der Waals surface area (Å²) in [5.74, 6) is 0.835. The first kappa shape index (κ1) is 14.7. The van der Waals surface area contributed by atoms with Crippen molar-refractivity contribution in [3.63, 3.8) is 0 Å². The van der Waals surface area contributed by atoms with Crippen LogP contribution in [0.5, 0.6) is 0 Å². The summed E-state index contributed by atoms with van der Waals surface area (Å²) in [4.78, 5) is 1.48. The van der Waals surface area contributed by atoms with Crippen LogP contribution in [-0.2, 0) is 0 Å². The highest BCUT2D eigenvalue weighted by Crippen LogP contribution is 2.22. The zero-order chi connectivity index (χ0) is 12.7. The molecule has 0 aliphatic rings. The number of hydrogen-bond donors (Lipinski definition) is 1. The van der Waals surface area contributed by atoms with Crippen molar-refractivity contribution in [2.75, 3.05) is 0 Å². The maximum atomic E-state index is 3.75. The number of nitrogens with one attached hydrogen (secondary N) is 1. The fourth-order valence-electron chi connectivity index (χ4n) is 2.15. The van der Waals surface area contributed by atoms with Gasteiger partial charge in [-0.25, -0.2) is 0 Å². The molecule has 0 bridgehead atoms. The quantitative estimate of drug-likeness (QED) is 0.687. The summed E-state index contributed by atoms with van der Waals surface area (Å²) in [6, 6.07) is 5.56. The lowest BCUT2D eigenvalue weighted by Crippen LogP contribution is -2.29. The predicted molar refractivity (Wildman–Crippen MR) is 78.6 cm³/mol. The number of thiophene rings is 1. The average Bonchev–Trinajstić information content (AvgIpc) is 2.78. The van der Waals surface area contributed by atoms with Crippen molar-refractivity contribution in [2.24, 2.45) is 5.92 Å². The molecule has 0 saturated carbocycles. The minimum absolute atomic E-state index is 0.545. The first-order valence-corrected chi connectivity index (χ1v) is 7.80. The highest BCUT2D eigenvalue weighted by Gasteiger charge is 2.13. The summed E-state index contributed by atoms with van der Waals surface area (Å²) < 4.78 is 0. The monoisotopic (exact) mass is 253 g/mol. The molecule has 17 heavy (non-hydrogen) atoms. The van der Waals surface area contributed by atoms with Crippen LogP contribution in [0, 0.1) is 5.92 Å². The van der Waals surface area contributed by atoms with E-state index in [1.165, 1.54) is 30.6 Å². The molecule has 0 spiro atoms. The van der Waals surface area contributed by atoms with Crippen molar-refractivity contribution < 1.29 is 0 Å². The van der Waals surface area contributed by atoms with Crippen molar-refractivity contribution in [1.29, 1.82) is 0 Å². The molecule has 0 amide bonds. The van der Waals surface area contributed by atoms with Crippen LogP contribution in [0.2, 0.25) is 0 Å². The van der Waals surface area contributed by atoms with E-state index in [4.69, 9.17) is 0 Å². The van der Waals surface area contributed by atoms with E-state index in [9.17, 15) is 0 Å². The Hall–Kier alpha value is -0.340. The third-order valence-electron chi connectivity index (χ3n) is 3.20. The molecule has 98 valence electrons. The van der Waals surface area contributed by atoms with Crippen molar-refractivity contribution in [2.45, 2.75) is 65.5 Å². The van der Waals surface area contributed by atoms with Crippen LogP contribution in [0.25, 0.3) is 0 Å². The van der Waals surface area contributed by atoms with Crippen LogP contribution in [0.4, 0.5) is 0 Å². The minimum Gasteiger partial charge on any atom is -0.307 e. The van der Waals surface area contributed by atoms with Gasteiger partial charge in [0.05, 0.1) is 0 Å². The van der Waals surface area contributed by atoms with Crippen LogP contribution < -0.4 is 5.32 Å². The SMILES string of the molecule is CCC(NC(C)CCCC(C)C)c1cccs1. The first-order valence-electron chi connectivity index (χ1n) is 6.93. The molecule has 0 aliphatic carbocycles. The molecule has 0 aromatic carbocycles. The third kappa shape index (κ3) is 5.69. The Morgan fingerprint density at radius 1 is 1.24 bits per heavy atom. The topological polar surface area (TPSA) is 12.0 Å². The van der Waals surface area contributed by atoms with Gasteiger partial charge in [-0.2, -0.15) is 0 Å². The van der Waals surface area contributed by atoms with Gasteiger partial charge >= 0.3 is 0 Å². The second-order valence-electron chi connectivity index (χ2n) is 5.37. The van der Waals surface area contributed by atoms with Crippen molar-refractivity contribution in [3.8, 4) is 0 Å². The lowest BCUT2D eigenvalue weighted by molar-refractivity contribution is 0.407. The van der Waals surface area contributed by atoms with E-state index in [1.807, 2.05) is 11.3 Å². The second kappa shape index (κ2) is 7.88. The van der Waals surface area contributed by atoms with Gasteiger partial charge in [0.25, 0.3) is 0 Å². The zero-order valence-electron chi connectivity index (χ0n) is 11.7. The summed E-state index contributed by atoms with van der Waals surface area (Å²) in [5, 5.41) is 5.92. The van der Waals surface area contributed by atoms with Crippen molar-refractivity contribution >= 4 is 11.3 Å². The lowest BCUT2D eigenvalue weighted by atomic mass is 10.0. The molecule has 0 fully saturated rings. The van der Waals surface area contributed by atoms with E-state index < -0.39 is 0 Å². The smallest absolute Gasteiger partial charge is 0.0414 e. The molecule has 1 aromatic rings. The molecule has 0 aliphatic heterocycles. The fourth-order valence-corrected chi connectivity index (χ4v) is 3.02. The Bertz CT molecular complexity index is 279. The second-order valence-corrected chi connectivity index (χ2v) is 6.35. The molecule has 1 N–H and O–H groups in total. The minimum atomic E-state index is 0.545. The summed E-state index contributed by atoms with van der Waals surface area (Å²) in [6.07, 6.45) is 5.16. The Morgan fingerprint density at radius 3 is 2.53 bits per heavy atom. The molecule has 1 aromatic heterocycles. The van der Waals surface area contributed by atoms with Gasteiger partial charge in [0.15, 0.2) is 0 Å². The largest absolute Gasteiger partial charge is 0.307 e. The van der Waals surface area contributed by atoms with Gasteiger partial charge < -0.3 is 5.32 Å². The Labute approximate surface area is 111 Å². The van der Waals surface area contributed by atoms with Gasteiger partial charge in [-0.3, -0.25) is 0 Å². The Morgan fingerprint density at radius 2 is 2.00 bits per heavy atom. The highest BCUT2D eigenvalue weighted by molar-refractivity contribution is 7.10. The van der Waals surface area contributed by atoms with Gasteiger partial charge in [-0.1, -0.05) is 39.7 Å². The average molecular weight is 253 g/mol. The highest BCUT2D eigenvalue weighted by atomic mass is 32.1. The van der Waals surface area contributed by atoms with Crippen LogP contribution in [0.15, 0.2) is 17.5 Å². The Balaban J connectivity index is 2.30. The van der Waals surface area contributed by atoms with Gasteiger partial charge in [0, 0.05) is 17.0 Å². The van der Waals surface area contributed by atoms with E-state index in [0.717, 1.165) is 5.92 Å². The van der Waals surface area contributed by atoms with Crippen LogP contribution in [0.3, 0.4) is 0 Å². The summed E-state index contributed by atoms with van der Waals surface area (Å²) >= 11 is 1.86. The molecule has 2 unspecified atom stereocenters. The predicted octanol–water partition coefficient (Wildman–Crippen LogP) is 5.00. The van der Waals surface area contributed by atoms with E-state index in [-0.39, 0.29) is 0 Å². The van der Waals surface area contributed by atoms with Crippen molar-refractivity contribution in [1.82, 2.24) is 5.32 Å². The van der Waals surface area contributed by atoms with Crippen LogP contribution in [-0.4, -0.2) is 6.04 Å². The zero-order valence-corrected chi connectivity index (χ0v) is 12.5. The third-order valence-corrected chi connectivity index (χ3v) is 4.19. The van der Waals surface area contributed by atoms with Crippen LogP contribution >= 0.6 is 11.3 Å². The molecular weight excluding hydrogens is 226 g/mol. The van der Waals surface area contributed by atoms with E-state index >= 15 is 0 Å². The molecule has 0 saturated heterocycles. The molecular formula is C15H27NS. The summed E-state index contributed by atoms with van der Waals surface area (Å²) in [5.41, 5.74) is 0. The van der Waals surface area contributed by atoms with Gasteiger partial charge in [0.1, 0.15) is 0 Å². The molecule has 0 radical (unpaired) electrons. The fraction of sp³-hybridized carbons (Fsp3) is 0.733. The standard InChI is InChI=1S/C15H27NS/c1-5-14(15-10-7-11-17-15)16-13(4)9-6-8-12(2)3/h7,10-14,16H,5-6,8-9H2,1-4H3. The van der Waals surface area contributed by atoms with Crippen molar-refractivity contribution in [3.05, 3.63) is 22.4 Å². The molecule has 1 heterocycles. The lowest BCUT2D eigenvalue weighted by Gasteiger charge is -2.21. The van der Waals surface area contributed by atoms with E-state index in [1.54, 1.807) is 0 Å². The Kier molecular flexibility index (Phi) is 6.83.